The summed E-state index contributed by atoms with van der Waals surface area (Å²) in [6, 6.07) is 6.98. The third kappa shape index (κ3) is 7.25. The van der Waals surface area contributed by atoms with Gasteiger partial charge < -0.3 is 28.4 Å². The highest BCUT2D eigenvalue weighted by Gasteiger charge is 2.53. The molecule has 1 saturated heterocycles. The van der Waals surface area contributed by atoms with Gasteiger partial charge in [-0.2, -0.15) is 0 Å². The van der Waals surface area contributed by atoms with Crippen LogP contribution in [0, 0.1) is 6.92 Å². The summed E-state index contributed by atoms with van der Waals surface area (Å²) in [7, 11) is 0. The van der Waals surface area contributed by atoms with Crippen molar-refractivity contribution in [2.45, 2.75) is 65.3 Å². The summed E-state index contributed by atoms with van der Waals surface area (Å²) in [5.74, 6) is -2.29. The van der Waals surface area contributed by atoms with E-state index in [1.54, 1.807) is 24.3 Å². The zero-order valence-corrected chi connectivity index (χ0v) is 18.0. The van der Waals surface area contributed by atoms with Gasteiger partial charge in [-0.1, -0.05) is 17.7 Å². The van der Waals surface area contributed by atoms with Gasteiger partial charge in [0.05, 0.1) is 0 Å². The Kier molecular flexibility index (Phi) is 8.38. The normalized spacial score (nSPS) is 25.1. The van der Waals surface area contributed by atoms with Gasteiger partial charge in [0.1, 0.15) is 18.5 Å². The second-order valence-electron chi connectivity index (χ2n) is 7.00. The van der Waals surface area contributed by atoms with Crippen LogP contribution in [0.2, 0.25) is 0 Å². The molecule has 5 atom stereocenters. The van der Waals surface area contributed by atoms with Gasteiger partial charge in [-0.25, -0.2) is 0 Å². The quantitative estimate of drug-likeness (QED) is 0.456. The highest BCUT2D eigenvalue weighted by atomic mass is 16.7. The van der Waals surface area contributed by atoms with Crippen molar-refractivity contribution >= 4 is 23.9 Å². The van der Waals surface area contributed by atoms with Gasteiger partial charge in [0, 0.05) is 27.7 Å². The number of aryl methyl sites for hydroxylation is 1. The Morgan fingerprint density at radius 1 is 0.774 bits per heavy atom. The highest BCUT2D eigenvalue weighted by Crippen LogP contribution is 2.31. The number of benzene rings is 1. The number of esters is 4. The maximum absolute atomic E-state index is 11.8. The van der Waals surface area contributed by atoms with Crippen molar-refractivity contribution in [3.8, 4) is 5.75 Å². The van der Waals surface area contributed by atoms with Crippen LogP contribution in [0.25, 0.3) is 0 Å². The lowest BCUT2D eigenvalue weighted by atomic mass is 9.98. The van der Waals surface area contributed by atoms with Crippen LogP contribution in [0.4, 0.5) is 0 Å². The molecule has 0 saturated carbocycles. The van der Waals surface area contributed by atoms with Crippen molar-refractivity contribution in [3.05, 3.63) is 29.8 Å². The molecule has 10 nitrogen and oxygen atoms in total. The predicted octanol–water partition coefficient (Wildman–Crippen LogP) is 1.46. The minimum atomic E-state index is -1.27. The van der Waals surface area contributed by atoms with Crippen LogP contribution in [-0.4, -0.2) is 61.2 Å². The molecule has 1 aromatic rings. The van der Waals surface area contributed by atoms with Gasteiger partial charge in [-0.15, -0.1) is 0 Å². The Hall–Kier alpha value is -3.14. The molecule has 0 bridgehead atoms. The van der Waals surface area contributed by atoms with Crippen molar-refractivity contribution in [2.24, 2.45) is 0 Å². The van der Waals surface area contributed by atoms with Gasteiger partial charge in [0.25, 0.3) is 0 Å². The second-order valence-corrected chi connectivity index (χ2v) is 7.00. The summed E-state index contributed by atoms with van der Waals surface area (Å²) >= 11 is 0. The van der Waals surface area contributed by atoms with Gasteiger partial charge in [0.2, 0.25) is 12.4 Å². The molecule has 0 amide bonds. The van der Waals surface area contributed by atoms with Gasteiger partial charge >= 0.3 is 23.9 Å². The number of ether oxygens (including phenoxy) is 6. The molecule has 1 aliphatic heterocycles. The van der Waals surface area contributed by atoms with E-state index in [9.17, 15) is 19.2 Å². The first kappa shape index (κ1) is 24.1. The van der Waals surface area contributed by atoms with Crippen LogP contribution < -0.4 is 4.74 Å². The van der Waals surface area contributed by atoms with Gasteiger partial charge in [0.15, 0.2) is 12.2 Å². The van der Waals surface area contributed by atoms with E-state index < -0.39 is 54.6 Å². The van der Waals surface area contributed by atoms with Crippen LogP contribution >= 0.6 is 0 Å². The van der Waals surface area contributed by atoms with E-state index in [0.29, 0.717) is 5.75 Å². The van der Waals surface area contributed by atoms with E-state index in [1.165, 1.54) is 13.8 Å². The van der Waals surface area contributed by atoms with E-state index in [4.69, 9.17) is 28.4 Å². The summed E-state index contributed by atoms with van der Waals surface area (Å²) < 4.78 is 32.7. The first-order chi connectivity index (χ1) is 14.6. The van der Waals surface area contributed by atoms with Crippen LogP contribution in [0.1, 0.15) is 33.3 Å². The molecule has 10 heteroatoms. The van der Waals surface area contributed by atoms with Gasteiger partial charge in [-0.3, -0.25) is 19.2 Å². The fourth-order valence-electron chi connectivity index (χ4n) is 3.03. The lowest BCUT2D eigenvalue weighted by Crippen LogP contribution is -2.63. The first-order valence-corrected chi connectivity index (χ1v) is 9.60. The van der Waals surface area contributed by atoms with Crippen molar-refractivity contribution in [2.75, 3.05) is 6.61 Å². The molecule has 1 aliphatic rings. The molecule has 31 heavy (non-hydrogen) atoms. The van der Waals surface area contributed by atoms with E-state index in [1.807, 2.05) is 6.92 Å². The topological polar surface area (TPSA) is 124 Å². The molecule has 0 aliphatic carbocycles. The molecule has 1 heterocycles. The van der Waals surface area contributed by atoms with Crippen molar-refractivity contribution in [1.82, 2.24) is 0 Å². The van der Waals surface area contributed by atoms with Gasteiger partial charge in [-0.05, 0) is 19.1 Å². The van der Waals surface area contributed by atoms with Crippen molar-refractivity contribution in [3.63, 3.8) is 0 Å². The monoisotopic (exact) mass is 438 g/mol. The molecule has 0 N–H and O–H groups in total. The Morgan fingerprint density at radius 3 is 1.81 bits per heavy atom. The molecule has 0 radical (unpaired) electrons. The molecule has 0 unspecified atom stereocenters. The number of rotatable bonds is 7. The first-order valence-electron chi connectivity index (χ1n) is 9.60. The Morgan fingerprint density at radius 2 is 1.29 bits per heavy atom. The third-order valence-electron chi connectivity index (χ3n) is 4.22. The minimum absolute atomic E-state index is 0.314. The van der Waals surface area contributed by atoms with E-state index in [-0.39, 0.29) is 6.61 Å². The van der Waals surface area contributed by atoms with Crippen LogP contribution in [-0.2, 0) is 42.9 Å². The number of hydrogen-bond acceptors (Lipinski definition) is 10. The maximum atomic E-state index is 11.8. The fraction of sp³-hybridized carbons (Fsp3) is 0.524. The minimum Gasteiger partial charge on any atom is -0.463 e. The standard InChI is InChI=1S/C21H26O10/c1-11-6-8-16(9-7-11)30-21-20(29-15(5)25)19(28-14(4)24)18(27-13(3)23)17(31-21)10-26-12(2)22/h6-9,17-21H,10H2,1-5H3/t17-,18-,19+,20-,21+/m1/s1. The van der Waals surface area contributed by atoms with Crippen LogP contribution in [0.3, 0.4) is 0 Å². The fourth-order valence-corrected chi connectivity index (χ4v) is 3.03. The smallest absolute Gasteiger partial charge is 0.303 e. The molecular formula is C21H26O10. The summed E-state index contributed by atoms with van der Waals surface area (Å²) in [6.45, 7) is 6.27. The third-order valence-corrected chi connectivity index (χ3v) is 4.22. The summed E-state index contributed by atoms with van der Waals surface area (Å²) in [6.07, 6.45) is -6.05. The lowest BCUT2D eigenvalue weighted by molar-refractivity contribution is -0.288. The van der Waals surface area contributed by atoms with E-state index in [2.05, 4.69) is 0 Å². The highest BCUT2D eigenvalue weighted by molar-refractivity contribution is 5.68. The molecule has 1 aromatic carbocycles. The zero-order chi connectivity index (χ0) is 23.1. The second kappa shape index (κ2) is 10.8. The summed E-state index contributed by atoms with van der Waals surface area (Å²) in [5.41, 5.74) is 0.994. The summed E-state index contributed by atoms with van der Waals surface area (Å²) in [4.78, 5) is 46.6. The predicted molar refractivity (Wildman–Crippen MR) is 104 cm³/mol. The zero-order valence-electron chi connectivity index (χ0n) is 18.0. The molecule has 2 rings (SSSR count). The van der Waals surface area contributed by atoms with E-state index in [0.717, 1.165) is 19.4 Å². The van der Waals surface area contributed by atoms with Crippen LogP contribution in [0.5, 0.6) is 5.75 Å². The molecule has 0 aromatic heterocycles. The Balaban J connectivity index is 2.43. The van der Waals surface area contributed by atoms with Crippen LogP contribution in [0.15, 0.2) is 24.3 Å². The lowest BCUT2D eigenvalue weighted by Gasteiger charge is -2.43. The number of carbonyl (C=O) groups is 4. The average molecular weight is 438 g/mol. The maximum Gasteiger partial charge on any atom is 0.303 e. The molecular weight excluding hydrogens is 412 g/mol. The average Bonchev–Trinajstić information content (AvgIpc) is 2.65. The largest absolute Gasteiger partial charge is 0.463 e. The molecule has 1 fully saturated rings. The van der Waals surface area contributed by atoms with Crippen molar-refractivity contribution < 1.29 is 47.6 Å². The number of hydrogen-bond donors (Lipinski definition) is 0. The SMILES string of the molecule is CC(=O)OC[C@H]1O[C@H](Oc2ccc(C)cc2)[C@H](OC(C)=O)[C@@H](OC(C)=O)[C@@H]1OC(C)=O. The van der Waals surface area contributed by atoms with Crippen molar-refractivity contribution in [1.29, 1.82) is 0 Å². The number of carbonyl (C=O) groups excluding carboxylic acids is 4. The Bertz CT molecular complexity index is 803. The van der Waals surface area contributed by atoms with E-state index >= 15 is 0 Å². The molecule has 170 valence electrons. The molecule has 0 spiro atoms. The Labute approximate surface area is 179 Å². The summed E-state index contributed by atoms with van der Waals surface area (Å²) in [5, 5.41) is 0.